The van der Waals surface area contributed by atoms with Crippen LogP contribution in [0.1, 0.15) is 31.2 Å². The number of rotatable bonds is 3. The predicted octanol–water partition coefficient (Wildman–Crippen LogP) is 3.38. The van der Waals surface area contributed by atoms with Crippen molar-refractivity contribution in [3.05, 3.63) is 28.2 Å². The third-order valence-electron chi connectivity index (χ3n) is 3.53. The van der Waals surface area contributed by atoms with E-state index in [0.717, 1.165) is 23.7 Å². The zero-order valence-electron chi connectivity index (χ0n) is 10.4. The summed E-state index contributed by atoms with van der Waals surface area (Å²) in [6.07, 6.45) is 3.51. The van der Waals surface area contributed by atoms with Gasteiger partial charge in [0.15, 0.2) is 0 Å². The van der Waals surface area contributed by atoms with Gasteiger partial charge in [0, 0.05) is 10.5 Å². The van der Waals surface area contributed by atoms with Gasteiger partial charge in [0.2, 0.25) is 0 Å². The average molecular weight is 323 g/mol. The van der Waals surface area contributed by atoms with Crippen LogP contribution >= 0.6 is 15.9 Å². The van der Waals surface area contributed by atoms with Gasteiger partial charge in [0.25, 0.3) is 0 Å². The summed E-state index contributed by atoms with van der Waals surface area (Å²) >= 11 is 3.37. The van der Waals surface area contributed by atoms with E-state index in [9.17, 15) is 9.90 Å². The summed E-state index contributed by atoms with van der Waals surface area (Å²) in [5.41, 5.74) is 1.24. The zero-order valence-corrected chi connectivity index (χ0v) is 12.0. The molecule has 0 aliphatic heterocycles. The van der Waals surface area contributed by atoms with Crippen molar-refractivity contribution >= 4 is 27.6 Å². The molecule has 0 amide bonds. The average Bonchev–Trinajstić information content (AvgIpc) is 2.39. The van der Waals surface area contributed by atoms with Gasteiger partial charge in [-0.1, -0.05) is 28.8 Å². The lowest BCUT2D eigenvalue weighted by molar-refractivity contribution is -0.143. The number of hydrogen-bond donors (Lipinski definition) is 2. The van der Waals surface area contributed by atoms with E-state index >= 15 is 0 Å². The number of carboxylic acid groups (broad SMARTS) is 1. The molecule has 1 fully saturated rings. The molecule has 2 atom stereocenters. The summed E-state index contributed by atoms with van der Waals surface area (Å²) in [6, 6.07) is 7.38. The molecule has 0 radical (unpaired) electrons. The van der Waals surface area contributed by atoms with Crippen molar-refractivity contribution in [3.63, 3.8) is 0 Å². The Morgan fingerprint density at radius 2 is 2.16 bits per heavy atom. The largest absolute Gasteiger partial charge is 0.481 e. The van der Waals surface area contributed by atoms with Crippen LogP contribution in [0.4, 0.5) is 5.69 Å². The van der Waals surface area contributed by atoms with Crippen molar-refractivity contribution < 1.29 is 9.90 Å². The second kappa shape index (κ2) is 6.07. The predicted molar refractivity (Wildman–Crippen MR) is 75.9 cm³/mol. The maximum atomic E-state index is 11.3. The van der Waals surface area contributed by atoms with Gasteiger partial charge in [0.05, 0.1) is 17.2 Å². The minimum atomic E-state index is -0.759. The van der Waals surface area contributed by atoms with Gasteiger partial charge in [-0.15, -0.1) is 0 Å². The minimum absolute atomic E-state index is 0.104. The van der Waals surface area contributed by atoms with Crippen molar-refractivity contribution in [2.24, 2.45) is 5.92 Å². The highest BCUT2D eigenvalue weighted by atomic mass is 79.9. The maximum Gasteiger partial charge on any atom is 0.308 e. The van der Waals surface area contributed by atoms with Crippen LogP contribution in [0.5, 0.6) is 0 Å². The van der Waals surface area contributed by atoms with Gasteiger partial charge in [-0.25, -0.2) is 0 Å². The zero-order chi connectivity index (χ0) is 13.8. The second-order valence-corrected chi connectivity index (χ2v) is 5.70. The van der Waals surface area contributed by atoms with Crippen molar-refractivity contribution in [1.29, 1.82) is 5.26 Å². The Balaban J connectivity index is 2.22. The molecule has 2 N–H and O–H groups in total. The Bertz CT molecular complexity index is 525. The van der Waals surface area contributed by atoms with Crippen LogP contribution in [0.25, 0.3) is 0 Å². The van der Waals surface area contributed by atoms with Crippen molar-refractivity contribution in [2.45, 2.75) is 31.7 Å². The molecule has 2 unspecified atom stereocenters. The molecule has 0 spiro atoms. The van der Waals surface area contributed by atoms with Crippen LogP contribution in [0.3, 0.4) is 0 Å². The third-order valence-corrected chi connectivity index (χ3v) is 4.02. The van der Waals surface area contributed by atoms with Crippen LogP contribution < -0.4 is 5.32 Å². The van der Waals surface area contributed by atoms with Gasteiger partial charge < -0.3 is 10.4 Å². The summed E-state index contributed by atoms with van der Waals surface area (Å²) in [5, 5.41) is 21.6. The Morgan fingerprint density at radius 1 is 1.42 bits per heavy atom. The molecule has 1 aromatic carbocycles. The number of halogens is 1. The van der Waals surface area contributed by atoms with Gasteiger partial charge in [-0.3, -0.25) is 4.79 Å². The Hall–Kier alpha value is -1.54. The summed E-state index contributed by atoms with van der Waals surface area (Å²) in [6.45, 7) is 0. The van der Waals surface area contributed by atoms with Crippen LogP contribution in [-0.2, 0) is 4.79 Å². The molecule has 0 bridgehead atoms. The fraction of sp³-hybridized carbons (Fsp3) is 0.429. The molecule has 5 heteroatoms. The van der Waals surface area contributed by atoms with Gasteiger partial charge in [-0.05, 0) is 31.0 Å². The Morgan fingerprint density at radius 3 is 2.84 bits per heavy atom. The topological polar surface area (TPSA) is 73.1 Å². The summed E-state index contributed by atoms with van der Waals surface area (Å²) in [7, 11) is 0. The van der Waals surface area contributed by atoms with Crippen molar-refractivity contribution in [3.8, 4) is 6.07 Å². The fourth-order valence-corrected chi connectivity index (χ4v) is 2.89. The molecular weight excluding hydrogens is 308 g/mol. The van der Waals surface area contributed by atoms with E-state index in [4.69, 9.17) is 5.26 Å². The van der Waals surface area contributed by atoms with E-state index in [-0.39, 0.29) is 12.0 Å². The number of benzene rings is 1. The number of hydrogen-bond acceptors (Lipinski definition) is 3. The lowest BCUT2D eigenvalue weighted by atomic mass is 9.84. The number of carboxylic acids is 1. The summed E-state index contributed by atoms with van der Waals surface area (Å²) in [5.74, 6) is -1.13. The molecule has 19 heavy (non-hydrogen) atoms. The first-order valence-corrected chi connectivity index (χ1v) is 7.10. The first-order chi connectivity index (χ1) is 9.11. The van der Waals surface area contributed by atoms with Crippen molar-refractivity contribution in [1.82, 2.24) is 0 Å². The number of nitriles is 1. The number of aliphatic carboxylic acids is 1. The molecule has 1 aliphatic carbocycles. The minimum Gasteiger partial charge on any atom is -0.481 e. The Labute approximate surface area is 120 Å². The lowest BCUT2D eigenvalue weighted by Gasteiger charge is -2.30. The normalized spacial score (nSPS) is 22.5. The molecule has 1 aromatic rings. The molecular formula is C14H15BrN2O2. The number of nitrogens with zero attached hydrogens (tertiary/aromatic N) is 1. The standard InChI is InChI=1S/C14H15BrN2O2/c15-10-6-5-9(8-16)13(7-10)17-12-4-2-1-3-11(12)14(18)19/h5-7,11-12,17H,1-4H2,(H,18,19). The highest BCUT2D eigenvalue weighted by Gasteiger charge is 2.31. The van der Waals surface area contributed by atoms with E-state index in [1.807, 2.05) is 6.07 Å². The van der Waals surface area contributed by atoms with Gasteiger partial charge >= 0.3 is 5.97 Å². The quantitative estimate of drug-likeness (QED) is 0.894. The SMILES string of the molecule is N#Cc1ccc(Br)cc1NC1CCCCC1C(=O)O. The van der Waals surface area contributed by atoms with E-state index in [1.54, 1.807) is 12.1 Å². The molecule has 0 saturated heterocycles. The lowest BCUT2D eigenvalue weighted by Crippen LogP contribution is -2.37. The molecule has 1 saturated carbocycles. The monoisotopic (exact) mass is 322 g/mol. The van der Waals surface area contributed by atoms with Crippen molar-refractivity contribution in [2.75, 3.05) is 5.32 Å². The third kappa shape index (κ3) is 3.27. The number of carbonyl (C=O) groups is 1. The number of anilines is 1. The van der Waals surface area contributed by atoms with Crippen LogP contribution in [0.15, 0.2) is 22.7 Å². The molecule has 4 nitrogen and oxygen atoms in total. The van der Waals surface area contributed by atoms with Gasteiger partial charge in [-0.2, -0.15) is 5.26 Å². The molecule has 0 heterocycles. The molecule has 0 aromatic heterocycles. The Kier molecular flexibility index (Phi) is 4.43. The number of nitrogens with one attached hydrogen (secondary N) is 1. The summed E-state index contributed by atoms with van der Waals surface area (Å²) < 4.78 is 0.872. The van der Waals surface area contributed by atoms with E-state index in [0.29, 0.717) is 17.7 Å². The molecule has 2 rings (SSSR count). The van der Waals surface area contributed by atoms with E-state index in [1.165, 1.54) is 0 Å². The first-order valence-electron chi connectivity index (χ1n) is 6.31. The smallest absolute Gasteiger partial charge is 0.308 e. The van der Waals surface area contributed by atoms with E-state index in [2.05, 4.69) is 27.3 Å². The molecule has 1 aliphatic rings. The highest BCUT2D eigenvalue weighted by molar-refractivity contribution is 9.10. The van der Waals surface area contributed by atoms with Crippen LogP contribution in [0, 0.1) is 17.2 Å². The second-order valence-electron chi connectivity index (χ2n) is 4.78. The first kappa shape index (κ1) is 13.9. The van der Waals surface area contributed by atoms with Gasteiger partial charge in [0.1, 0.15) is 6.07 Å². The molecule has 100 valence electrons. The van der Waals surface area contributed by atoms with Crippen LogP contribution in [0.2, 0.25) is 0 Å². The summed E-state index contributed by atoms with van der Waals surface area (Å²) in [4.78, 5) is 11.3. The highest BCUT2D eigenvalue weighted by Crippen LogP contribution is 2.29. The maximum absolute atomic E-state index is 11.3. The van der Waals surface area contributed by atoms with Crippen LogP contribution in [-0.4, -0.2) is 17.1 Å². The van der Waals surface area contributed by atoms with E-state index < -0.39 is 5.97 Å². The fourth-order valence-electron chi connectivity index (χ4n) is 2.53.